The number of benzene rings is 2. The molecular formula is C60H95N9O15. The van der Waals surface area contributed by atoms with Gasteiger partial charge in [-0.25, -0.2) is 19.2 Å². The number of carbonyl (C=O) groups is 9. The van der Waals surface area contributed by atoms with Crippen LogP contribution in [0, 0.1) is 6.92 Å². The molecule has 0 aliphatic carbocycles. The lowest BCUT2D eigenvalue weighted by Crippen LogP contribution is -2.59. The minimum Gasteiger partial charge on any atom is -0.508 e. The summed E-state index contributed by atoms with van der Waals surface area (Å²) in [7, 11) is 0. The number of carbonyl (C=O) groups excluding carboxylic acids is 9. The average molecular weight is 1180 g/mol. The van der Waals surface area contributed by atoms with E-state index in [0.717, 1.165) is 5.56 Å². The molecule has 0 saturated heterocycles. The third-order valence-corrected chi connectivity index (χ3v) is 12.0. The summed E-state index contributed by atoms with van der Waals surface area (Å²) in [4.78, 5) is 123. The maximum atomic E-state index is 15.0. The standard InChI is InChI=1S/C60H95N9O15/c1-36-23-24-37-30-39(36)32-44(68-49(73)43(21-18-27-61-35-47(71)80-56(2,3)4)67-51(75)45(69-55(79)84-60(14,15)16)33-40-31-38(37)25-26-46(40)70)50(74)66-42(22-19-29-63-53(77)82-58(8,9)10)48(72)64-34-41(65-54(78)83-59(11,12)13)20-17-28-62-52(76)81-57(5,6)7/h23-26,30-31,41-45,61,70H,17-22,27-29,32-35H2,1-16H3,(H,62,76)(H,63,77)(H,64,72)(H,65,78)(H,66,74)(H,67,75)(H,68,73)(H,69,79)/t41-,42-,43-,44-,45-/m0/s1. The van der Waals surface area contributed by atoms with Crippen LogP contribution in [0.3, 0.4) is 0 Å². The number of fused-ring (bicyclic) bond motifs is 5. The van der Waals surface area contributed by atoms with Crippen molar-refractivity contribution in [3.63, 3.8) is 0 Å². The maximum Gasteiger partial charge on any atom is 0.408 e. The van der Waals surface area contributed by atoms with Gasteiger partial charge < -0.3 is 76.6 Å². The molecule has 470 valence electrons. The smallest absolute Gasteiger partial charge is 0.408 e. The number of amides is 8. The fourth-order valence-electron chi connectivity index (χ4n) is 8.37. The largest absolute Gasteiger partial charge is 0.508 e. The van der Waals surface area contributed by atoms with Gasteiger partial charge in [0.25, 0.3) is 0 Å². The lowest BCUT2D eigenvalue weighted by Gasteiger charge is -2.28. The second kappa shape index (κ2) is 31.5. The molecule has 84 heavy (non-hydrogen) atoms. The summed E-state index contributed by atoms with van der Waals surface area (Å²) in [6.45, 7) is 27.5. The van der Waals surface area contributed by atoms with Crippen molar-refractivity contribution in [3.05, 3.63) is 53.1 Å². The summed E-state index contributed by atoms with van der Waals surface area (Å²) < 4.78 is 27.2. The third-order valence-electron chi connectivity index (χ3n) is 12.0. The van der Waals surface area contributed by atoms with Crippen molar-refractivity contribution in [2.45, 2.75) is 220 Å². The summed E-state index contributed by atoms with van der Waals surface area (Å²) in [6.07, 6.45) is -2.54. The molecule has 0 spiro atoms. The van der Waals surface area contributed by atoms with Crippen molar-refractivity contribution in [2.75, 3.05) is 32.7 Å². The summed E-state index contributed by atoms with van der Waals surface area (Å²) >= 11 is 0. The molecule has 2 aromatic carbocycles. The van der Waals surface area contributed by atoms with Gasteiger partial charge in [-0.15, -0.1) is 0 Å². The van der Waals surface area contributed by atoms with Crippen molar-refractivity contribution in [1.29, 1.82) is 0 Å². The first kappa shape index (κ1) is 70.9. The lowest BCUT2D eigenvalue weighted by molar-refractivity contribution is -0.153. The van der Waals surface area contributed by atoms with Crippen LogP contribution in [0.15, 0.2) is 36.4 Å². The quantitative estimate of drug-likeness (QED) is 0.0381. The van der Waals surface area contributed by atoms with E-state index in [0.29, 0.717) is 23.1 Å². The summed E-state index contributed by atoms with van der Waals surface area (Å²) in [6, 6.07) is 4.08. The Labute approximate surface area is 495 Å². The molecule has 0 fully saturated rings. The fourth-order valence-corrected chi connectivity index (χ4v) is 8.37. The SMILES string of the molecule is Cc1ccc2cc1C[C@@H](C(=O)N[C@@H](CCCNC(=O)OC(C)(C)C)C(=O)NC[C@H](CCCNC(=O)OC(C)(C)C)NC(=O)OC(C)(C)C)NC(=O)[C@H](CCCNCC(=O)OC(C)(C)C)NC(=O)[C@@H](NC(=O)OC(C)(C)C)Cc1cc-2ccc1O. The predicted octanol–water partition coefficient (Wildman–Crippen LogP) is 6.14. The molecule has 0 radical (unpaired) electrons. The Morgan fingerprint density at radius 3 is 1.68 bits per heavy atom. The molecule has 10 N–H and O–H groups in total. The molecule has 4 bridgehead atoms. The van der Waals surface area contributed by atoms with Gasteiger partial charge in [0.05, 0.1) is 6.54 Å². The van der Waals surface area contributed by atoms with Crippen molar-refractivity contribution >= 4 is 54.0 Å². The monoisotopic (exact) mass is 1180 g/mol. The summed E-state index contributed by atoms with van der Waals surface area (Å²) in [5, 5.41) is 36.2. The van der Waals surface area contributed by atoms with Gasteiger partial charge in [-0.05, 0) is 196 Å². The predicted molar refractivity (Wildman–Crippen MR) is 316 cm³/mol. The van der Waals surface area contributed by atoms with Gasteiger partial charge in [0.15, 0.2) is 0 Å². The van der Waals surface area contributed by atoms with E-state index in [9.17, 15) is 43.5 Å². The first-order valence-corrected chi connectivity index (χ1v) is 28.7. The lowest BCUT2D eigenvalue weighted by atomic mass is 9.93. The van der Waals surface area contributed by atoms with E-state index in [1.165, 1.54) is 6.07 Å². The number of phenols is 1. The molecule has 2 aromatic rings. The molecule has 3 rings (SSSR count). The van der Waals surface area contributed by atoms with Gasteiger partial charge >= 0.3 is 30.3 Å². The molecule has 8 amide bonds. The van der Waals surface area contributed by atoms with E-state index < -0.39 is 112 Å². The van der Waals surface area contributed by atoms with Crippen molar-refractivity contribution < 1.29 is 71.9 Å². The van der Waals surface area contributed by atoms with E-state index in [1.54, 1.807) is 116 Å². The number of ether oxygens (including phenoxy) is 5. The minimum atomic E-state index is -1.42. The third kappa shape index (κ3) is 28.7. The Kier molecular flexibility index (Phi) is 26.6. The number of hydrogen-bond donors (Lipinski definition) is 10. The Hall–Kier alpha value is -7.37. The first-order chi connectivity index (χ1) is 38.7. The number of esters is 1. The van der Waals surface area contributed by atoms with E-state index in [4.69, 9.17) is 23.7 Å². The molecule has 24 nitrogen and oxygen atoms in total. The second-order valence-electron chi connectivity index (χ2n) is 25.9. The van der Waals surface area contributed by atoms with Crippen molar-refractivity contribution in [2.24, 2.45) is 0 Å². The highest BCUT2D eigenvalue weighted by Crippen LogP contribution is 2.30. The Balaban J connectivity index is 2.11. The summed E-state index contributed by atoms with van der Waals surface area (Å²) in [5.74, 6) is -3.78. The number of nitrogens with one attached hydrogen (secondary N) is 9. The van der Waals surface area contributed by atoms with Crippen LogP contribution in [0.1, 0.15) is 159 Å². The highest BCUT2D eigenvalue weighted by molar-refractivity contribution is 5.95. The van der Waals surface area contributed by atoms with Gasteiger partial charge in [-0.1, -0.05) is 24.3 Å². The van der Waals surface area contributed by atoms with Crippen LogP contribution in [0.2, 0.25) is 0 Å². The Morgan fingerprint density at radius 2 is 1.11 bits per heavy atom. The van der Waals surface area contributed by atoms with E-state index in [1.807, 2.05) is 25.1 Å². The molecule has 1 aliphatic heterocycles. The zero-order valence-electron chi connectivity index (χ0n) is 52.2. The molecule has 24 heteroatoms. The van der Waals surface area contributed by atoms with Gasteiger partial charge in [0.2, 0.25) is 23.6 Å². The number of hydrogen-bond acceptors (Lipinski definition) is 16. The zero-order valence-corrected chi connectivity index (χ0v) is 52.2. The van der Waals surface area contributed by atoms with Crippen molar-refractivity contribution in [3.8, 4) is 16.9 Å². The molecule has 1 aliphatic rings. The summed E-state index contributed by atoms with van der Waals surface area (Å²) in [5.41, 5.74) is -1.16. The molecule has 0 saturated carbocycles. The topological polar surface area (TPSA) is 328 Å². The Bertz CT molecular complexity index is 2590. The van der Waals surface area contributed by atoms with E-state index in [-0.39, 0.29) is 89.0 Å². The number of rotatable bonds is 21. The van der Waals surface area contributed by atoms with Crippen molar-refractivity contribution in [1.82, 2.24) is 47.9 Å². The number of aryl methyl sites for hydroxylation is 1. The molecule has 0 unspecified atom stereocenters. The van der Waals surface area contributed by atoms with E-state index >= 15 is 4.79 Å². The van der Waals surface area contributed by atoms with Crippen LogP contribution in [0.5, 0.6) is 5.75 Å². The van der Waals surface area contributed by atoms with E-state index in [2.05, 4.69) is 47.9 Å². The van der Waals surface area contributed by atoms with Crippen LogP contribution >= 0.6 is 0 Å². The Morgan fingerprint density at radius 1 is 0.583 bits per heavy atom. The highest BCUT2D eigenvalue weighted by Gasteiger charge is 2.34. The van der Waals surface area contributed by atoms with Gasteiger partial charge in [0.1, 0.15) is 57.9 Å². The van der Waals surface area contributed by atoms with Crippen LogP contribution in [-0.4, -0.2) is 150 Å². The molecule has 5 atom stereocenters. The van der Waals surface area contributed by atoms with Crippen LogP contribution in [-0.2, 0) is 60.5 Å². The van der Waals surface area contributed by atoms with Gasteiger partial charge in [0, 0.05) is 38.5 Å². The molecule has 1 heterocycles. The van der Waals surface area contributed by atoms with Crippen LogP contribution < -0.4 is 47.9 Å². The number of phenolic OH excluding ortho intramolecular Hbond substituents is 1. The first-order valence-electron chi connectivity index (χ1n) is 28.7. The normalized spacial score (nSPS) is 16.7. The zero-order chi connectivity index (χ0) is 63.4. The number of aromatic hydroxyl groups is 1. The van der Waals surface area contributed by atoms with Crippen LogP contribution in [0.25, 0.3) is 11.1 Å². The fraction of sp³-hybridized carbons (Fsp3) is 0.650. The highest BCUT2D eigenvalue weighted by atomic mass is 16.6. The van der Waals surface area contributed by atoms with Crippen LogP contribution in [0.4, 0.5) is 19.2 Å². The maximum absolute atomic E-state index is 15.0. The second-order valence-corrected chi connectivity index (χ2v) is 25.9. The molecule has 0 aromatic heterocycles. The molecular weight excluding hydrogens is 1090 g/mol. The van der Waals surface area contributed by atoms with Gasteiger partial charge in [-0.3, -0.25) is 24.0 Å². The average Bonchev–Trinajstić information content (AvgIpc) is 3.49. The minimum absolute atomic E-state index is 0.0327. The van der Waals surface area contributed by atoms with Gasteiger partial charge in [-0.2, -0.15) is 0 Å². The number of alkyl carbamates (subject to hydrolysis) is 4.